The molecule has 0 aliphatic rings. The molecular formula is C14H15FN2O2. The van der Waals surface area contributed by atoms with Crippen molar-refractivity contribution >= 4 is 5.78 Å². The molecule has 2 aromatic rings. The maximum absolute atomic E-state index is 13.6. The van der Waals surface area contributed by atoms with Gasteiger partial charge in [-0.15, -0.1) is 0 Å². The van der Waals surface area contributed by atoms with Crippen LogP contribution >= 0.6 is 0 Å². The van der Waals surface area contributed by atoms with Crippen molar-refractivity contribution in [2.45, 2.75) is 13.3 Å². The zero-order valence-electron chi connectivity index (χ0n) is 10.9. The smallest absolute Gasteiger partial charge is 0.162 e. The number of hydrogen-bond acceptors (Lipinski definition) is 3. The van der Waals surface area contributed by atoms with Gasteiger partial charge in [0.25, 0.3) is 0 Å². The highest BCUT2D eigenvalue weighted by Crippen LogP contribution is 2.17. The number of aryl methyl sites for hydroxylation is 1. The van der Waals surface area contributed by atoms with E-state index >= 15 is 0 Å². The van der Waals surface area contributed by atoms with E-state index in [9.17, 15) is 9.18 Å². The standard InChI is InChI=1S/C14H15FN2O2/c1-10(18)13-4-3-12(9-14(13)15)19-8-6-11-5-7-16-17(11)2/h3-5,7,9H,6,8H2,1-2H3. The summed E-state index contributed by atoms with van der Waals surface area (Å²) < 4.78 is 20.8. The number of ketones is 1. The summed E-state index contributed by atoms with van der Waals surface area (Å²) in [5.41, 5.74) is 1.12. The number of hydrogen-bond donors (Lipinski definition) is 0. The lowest BCUT2D eigenvalue weighted by molar-refractivity contribution is 0.101. The van der Waals surface area contributed by atoms with Crippen LogP contribution in [-0.4, -0.2) is 22.2 Å². The number of carbonyl (C=O) groups is 1. The SMILES string of the molecule is CC(=O)c1ccc(OCCc2ccnn2C)cc1F. The number of halogens is 1. The normalized spacial score (nSPS) is 10.5. The van der Waals surface area contributed by atoms with Gasteiger partial charge in [0.15, 0.2) is 5.78 Å². The molecule has 4 nitrogen and oxygen atoms in total. The molecule has 0 radical (unpaired) electrons. The van der Waals surface area contributed by atoms with Gasteiger partial charge in [-0.3, -0.25) is 9.48 Å². The number of rotatable bonds is 5. The second-order valence-electron chi connectivity index (χ2n) is 4.24. The quantitative estimate of drug-likeness (QED) is 0.777. The van der Waals surface area contributed by atoms with Crippen LogP contribution in [0, 0.1) is 5.82 Å². The average molecular weight is 262 g/mol. The summed E-state index contributed by atoms with van der Waals surface area (Å²) in [6.07, 6.45) is 2.41. The first-order chi connectivity index (χ1) is 9.08. The Labute approximate surface area is 110 Å². The van der Waals surface area contributed by atoms with Crippen molar-refractivity contribution in [3.05, 3.63) is 47.5 Å². The Kier molecular flexibility index (Phi) is 3.94. The molecular weight excluding hydrogens is 247 g/mol. The van der Waals surface area contributed by atoms with Gasteiger partial charge < -0.3 is 4.74 Å². The molecule has 0 N–H and O–H groups in total. The molecule has 0 unspecified atom stereocenters. The van der Waals surface area contributed by atoms with Crippen molar-refractivity contribution in [1.29, 1.82) is 0 Å². The van der Waals surface area contributed by atoms with Crippen LogP contribution in [0.25, 0.3) is 0 Å². The van der Waals surface area contributed by atoms with E-state index in [1.807, 2.05) is 13.1 Å². The third kappa shape index (κ3) is 3.19. The van der Waals surface area contributed by atoms with Gasteiger partial charge in [0.2, 0.25) is 0 Å². The van der Waals surface area contributed by atoms with Crippen LogP contribution in [0.3, 0.4) is 0 Å². The molecule has 19 heavy (non-hydrogen) atoms. The van der Waals surface area contributed by atoms with Gasteiger partial charge in [0.1, 0.15) is 11.6 Å². The molecule has 0 atom stereocenters. The van der Waals surface area contributed by atoms with E-state index in [4.69, 9.17) is 4.74 Å². The van der Waals surface area contributed by atoms with Crippen molar-refractivity contribution in [2.24, 2.45) is 7.05 Å². The van der Waals surface area contributed by atoms with Crippen molar-refractivity contribution in [3.63, 3.8) is 0 Å². The summed E-state index contributed by atoms with van der Waals surface area (Å²) in [4.78, 5) is 11.1. The minimum Gasteiger partial charge on any atom is -0.493 e. The fourth-order valence-corrected chi connectivity index (χ4v) is 1.79. The van der Waals surface area contributed by atoms with Gasteiger partial charge in [-0.05, 0) is 25.1 Å². The van der Waals surface area contributed by atoms with Crippen LogP contribution in [-0.2, 0) is 13.5 Å². The van der Waals surface area contributed by atoms with E-state index in [0.29, 0.717) is 18.8 Å². The van der Waals surface area contributed by atoms with Gasteiger partial charge in [-0.2, -0.15) is 5.10 Å². The summed E-state index contributed by atoms with van der Waals surface area (Å²) in [7, 11) is 1.86. The van der Waals surface area contributed by atoms with Crippen LogP contribution < -0.4 is 4.74 Å². The minimum absolute atomic E-state index is 0.0824. The first-order valence-electron chi connectivity index (χ1n) is 5.98. The van der Waals surface area contributed by atoms with E-state index in [1.54, 1.807) is 16.9 Å². The highest BCUT2D eigenvalue weighted by Gasteiger charge is 2.08. The largest absolute Gasteiger partial charge is 0.493 e. The molecule has 0 aliphatic carbocycles. The molecule has 0 bridgehead atoms. The predicted molar refractivity (Wildman–Crippen MR) is 68.8 cm³/mol. The third-order valence-electron chi connectivity index (χ3n) is 2.87. The number of aromatic nitrogens is 2. The van der Waals surface area contributed by atoms with Gasteiger partial charge in [-0.25, -0.2) is 4.39 Å². The fraction of sp³-hybridized carbons (Fsp3) is 0.286. The lowest BCUT2D eigenvalue weighted by atomic mass is 10.1. The Bertz CT molecular complexity index is 593. The zero-order chi connectivity index (χ0) is 13.8. The molecule has 2 rings (SSSR count). The monoisotopic (exact) mass is 262 g/mol. The summed E-state index contributed by atoms with van der Waals surface area (Å²) in [6, 6.07) is 6.18. The maximum Gasteiger partial charge on any atom is 0.162 e. The van der Waals surface area contributed by atoms with Crippen molar-refractivity contribution in [3.8, 4) is 5.75 Å². The molecule has 1 heterocycles. The first-order valence-corrected chi connectivity index (χ1v) is 5.98. The van der Waals surface area contributed by atoms with Gasteiger partial charge in [-0.1, -0.05) is 0 Å². The second-order valence-corrected chi connectivity index (χ2v) is 4.24. The Balaban J connectivity index is 1.95. The number of ether oxygens (including phenoxy) is 1. The molecule has 0 aliphatic heterocycles. The van der Waals surface area contributed by atoms with Crippen LogP contribution in [0.2, 0.25) is 0 Å². The minimum atomic E-state index is -0.550. The second kappa shape index (κ2) is 5.65. The van der Waals surface area contributed by atoms with Crippen LogP contribution in [0.15, 0.2) is 30.5 Å². The summed E-state index contributed by atoms with van der Waals surface area (Å²) >= 11 is 0. The van der Waals surface area contributed by atoms with Crippen LogP contribution in [0.4, 0.5) is 4.39 Å². The zero-order valence-corrected chi connectivity index (χ0v) is 10.9. The average Bonchev–Trinajstić information content (AvgIpc) is 2.75. The van der Waals surface area contributed by atoms with E-state index in [2.05, 4.69) is 5.10 Å². The number of Topliss-reactive ketones (excluding diaryl/α,β-unsaturated/α-hetero) is 1. The summed E-state index contributed by atoms with van der Waals surface area (Å²) in [6.45, 7) is 1.76. The Morgan fingerprint density at radius 3 is 2.79 bits per heavy atom. The highest BCUT2D eigenvalue weighted by atomic mass is 19.1. The number of nitrogens with zero attached hydrogens (tertiary/aromatic N) is 2. The molecule has 5 heteroatoms. The van der Waals surface area contributed by atoms with Gasteiger partial charge in [0, 0.05) is 31.4 Å². The lowest BCUT2D eigenvalue weighted by Crippen LogP contribution is -2.06. The highest BCUT2D eigenvalue weighted by molar-refractivity contribution is 5.94. The predicted octanol–water partition coefficient (Wildman–Crippen LogP) is 2.38. The van der Waals surface area contributed by atoms with Crippen molar-refractivity contribution in [1.82, 2.24) is 9.78 Å². The van der Waals surface area contributed by atoms with E-state index < -0.39 is 5.82 Å². The molecule has 0 amide bonds. The first kappa shape index (κ1) is 13.3. The van der Waals surface area contributed by atoms with Crippen LogP contribution in [0.5, 0.6) is 5.75 Å². The molecule has 0 saturated carbocycles. The maximum atomic E-state index is 13.6. The van der Waals surface area contributed by atoms with Crippen molar-refractivity contribution in [2.75, 3.05) is 6.61 Å². The van der Waals surface area contributed by atoms with Gasteiger partial charge in [0.05, 0.1) is 12.2 Å². The molecule has 0 fully saturated rings. The van der Waals surface area contributed by atoms with E-state index in [-0.39, 0.29) is 11.3 Å². The van der Waals surface area contributed by atoms with Crippen molar-refractivity contribution < 1.29 is 13.9 Å². The Morgan fingerprint density at radius 1 is 1.42 bits per heavy atom. The Hall–Kier alpha value is -2.17. The third-order valence-corrected chi connectivity index (χ3v) is 2.87. The van der Waals surface area contributed by atoms with E-state index in [1.165, 1.54) is 19.1 Å². The number of carbonyl (C=O) groups excluding carboxylic acids is 1. The summed E-state index contributed by atoms with van der Waals surface area (Å²) in [5, 5.41) is 4.05. The molecule has 1 aromatic carbocycles. The molecule has 0 saturated heterocycles. The van der Waals surface area contributed by atoms with E-state index in [0.717, 1.165) is 5.69 Å². The molecule has 0 spiro atoms. The number of benzene rings is 1. The molecule has 1 aromatic heterocycles. The molecule has 100 valence electrons. The lowest BCUT2D eigenvalue weighted by Gasteiger charge is -2.07. The van der Waals surface area contributed by atoms with Gasteiger partial charge >= 0.3 is 0 Å². The summed E-state index contributed by atoms with van der Waals surface area (Å²) in [5.74, 6) is -0.422. The topological polar surface area (TPSA) is 44.1 Å². The fourth-order valence-electron chi connectivity index (χ4n) is 1.79. The van der Waals surface area contributed by atoms with Crippen LogP contribution in [0.1, 0.15) is 23.0 Å². The Morgan fingerprint density at radius 2 is 2.21 bits per heavy atom.